The van der Waals surface area contributed by atoms with Crippen molar-refractivity contribution in [3.63, 3.8) is 0 Å². The molecule has 17 heavy (non-hydrogen) atoms. The number of alkyl halides is 5. The van der Waals surface area contributed by atoms with E-state index in [2.05, 4.69) is 15.9 Å². The van der Waals surface area contributed by atoms with Crippen molar-refractivity contribution in [3.8, 4) is 0 Å². The molecule has 0 radical (unpaired) electrons. The fourth-order valence-electron chi connectivity index (χ4n) is 2.01. The number of rotatable bonds is 4. The fourth-order valence-corrected chi connectivity index (χ4v) is 2.94. The number of hydrogen-bond acceptors (Lipinski definition) is 1. The molecule has 1 aliphatic carbocycles. The Morgan fingerprint density at radius 2 is 1.88 bits per heavy atom. The van der Waals surface area contributed by atoms with Crippen LogP contribution in [-0.4, -0.2) is 22.5 Å². The molecule has 0 spiro atoms. The lowest BCUT2D eigenvalue weighted by Gasteiger charge is -2.29. The van der Waals surface area contributed by atoms with E-state index < -0.39 is 22.5 Å². The molecular formula is C11H15BrF4O. The molecule has 0 unspecified atom stereocenters. The maximum absolute atomic E-state index is 12.9. The third kappa shape index (κ3) is 4.56. The van der Waals surface area contributed by atoms with Gasteiger partial charge in [0.05, 0.1) is 4.83 Å². The average Bonchev–Trinajstić information content (AvgIpc) is 2.18. The van der Waals surface area contributed by atoms with Crippen molar-refractivity contribution in [2.24, 2.45) is 5.92 Å². The largest absolute Gasteiger partial charge is 0.303 e. The first-order valence-electron chi connectivity index (χ1n) is 5.56. The highest BCUT2D eigenvalue weighted by Crippen LogP contribution is 2.39. The predicted octanol–water partition coefficient (Wildman–Crippen LogP) is 4.19. The summed E-state index contributed by atoms with van der Waals surface area (Å²) in [6.07, 6.45) is 0.357. The van der Waals surface area contributed by atoms with Gasteiger partial charge in [-0.2, -0.15) is 8.78 Å². The zero-order chi connectivity index (χ0) is 13.3. The molecule has 1 rings (SSSR count). The molecule has 0 aromatic heterocycles. The van der Waals surface area contributed by atoms with Crippen LogP contribution in [-0.2, 0) is 4.79 Å². The van der Waals surface area contributed by atoms with E-state index in [4.69, 9.17) is 0 Å². The molecule has 0 heterocycles. The first-order valence-corrected chi connectivity index (χ1v) is 6.47. The fraction of sp³-hybridized carbons (Fsp3) is 0.909. The summed E-state index contributed by atoms with van der Waals surface area (Å²) in [6.45, 7) is 0.554. The Kier molecular flexibility index (Phi) is 4.60. The quantitative estimate of drug-likeness (QED) is 0.561. The standard InChI is InChI=1S/C11H15BrF4O/c1-10(13,14)9(17)8(12)6-7-2-4-11(15,16)5-3-7/h7-8H,2-6H2,1H3/t8-/m1/s1. The van der Waals surface area contributed by atoms with Crippen LogP contribution in [0.2, 0.25) is 0 Å². The summed E-state index contributed by atoms with van der Waals surface area (Å²) in [7, 11) is 0. The molecule has 0 amide bonds. The van der Waals surface area contributed by atoms with Crippen LogP contribution >= 0.6 is 15.9 Å². The van der Waals surface area contributed by atoms with Crippen LogP contribution in [0.1, 0.15) is 39.0 Å². The summed E-state index contributed by atoms with van der Waals surface area (Å²) in [4.78, 5) is 10.3. The van der Waals surface area contributed by atoms with Gasteiger partial charge in [0.2, 0.25) is 11.7 Å². The number of carbonyl (C=O) groups is 1. The van der Waals surface area contributed by atoms with Crippen molar-refractivity contribution in [2.45, 2.75) is 55.7 Å². The minimum Gasteiger partial charge on any atom is -0.292 e. The van der Waals surface area contributed by atoms with Crippen molar-refractivity contribution < 1.29 is 22.4 Å². The van der Waals surface area contributed by atoms with E-state index in [1.807, 2.05) is 0 Å². The van der Waals surface area contributed by atoms with E-state index in [0.29, 0.717) is 6.92 Å². The SMILES string of the molecule is CC(F)(F)C(=O)[C@H](Br)CC1CCC(F)(F)CC1. The minimum absolute atomic E-state index is 0.0784. The average molecular weight is 319 g/mol. The Morgan fingerprint density at radius 1 is 1.41 bits per heavy atom. The van der Waals surface area contributed by atoms with Gasteiger partial charge in [0.25, 0.3) is 0 Å². The van der Waals surface area contributed by atoms with Crippen LogP contribution < -0.4 is 0 Å². The Bertz CT molecular complexity index is 278. The smallest absolute Gasteiger partial charge is 0.292 e. The lowest BCUT2D eigenvalue weighted by atomic mass is 9.83. The zero-order valence-electron chi connectivity index (χ0n) is 9.49. The molecule has 0 aliphatic heterocycles. The number of Topliss-reactive ketones (excluding diaryl/α,β-unsaturated/α-hetero) is 1. The van der Waals surface area contributed by atoms with Crippen LogP contribution in [0, 0.1) is 5.92 Å². The Morgan fingerprint density at radius 3 is 2.29 bits per heavy atom. The van der Waals surface area contributed by atoms with Gasteiger partial charge in [-0.1, -0.05) is 15.9 Å². The lowest BCUT2D eigenvalue weighted by Crippen LogP contribution is -2.34. The van der Waals surface area contributed by atoms with Crippen molar-refractivity contribution in [1.29, 1.82) is 0 Å². The molecule has 0 N–H and O–H groups in total. The molecular weight excluding hydrogens is 304 g/mol. The molecule has 0 aromatic rings. The van der Waals surface area contributed by atoms with E-state index in [1.54, 1.807) is 0 Å². The van der Waals surface area contributed by atoms with Gasteiger partial charge in [0, 0.05) is 19.8 Å². The molecule has 1 aliphatic rings. The molecule has 1 atom stereocenters. The number of ketones is 1. The summed E-state index contributed by atoms with van der Waals surface area (Å²) in [5, 5.41) is 0. The number of hydrogen-bond donors (Lipinski definition) is 0. The first kappa shape index (κ1) is 14.9. The van der Waals surface area contributed by atoms with Crippen LogP contribution in [0.4, 0.5) is 17.6 Å². The molecule has 1 fully saturated rings. The second kappa shape index (κ2) is 5.24. The minimum atomic E-state index is -3.37. The Balaban J connectivity index is 2.43. The van der Waals surface area contributed by atoms with Gasteiger partial charge < -0.3 is 0 Å². The first-order chi connectivity index (χ1) is 7.62. The van der Waals surface area contributed by atoms with Crippen LogP contribution in [0.5, 0.6) is 0 Å². The summed E-state index contributed by atoms with van der Waals surface area (Å²) < 4.78 is 51.2. The molecule has 1 saturated carbocycles. The maximum atomic E-state index is 12.9. The van der Waals surface area contributed by atoms with Crippen LogP contribution in [0.25, 0.3) is 0 Å². The van der Waals surface area contributed by atoms with E-state index >= 15 is 0 Å². The third-order valence-electron chi connectivity index (χ3n) is 3.09. The van der Waals surface area contributed by atoms with E-state index in [1.165, 1.54) is 0 Å². The van der Waals surface area contributed by atoms with Gasteiger partial charge in [0.15, 0.2) is 0 Å². The van der Waals surface area contributed by atoms with Crippen molar-refractivity contribution >= 4 is 21.7 Å². The number of carbonyl (C=O) groups excluding carboxylic acids is 1. The monoisotopic (exact) mass is 318 g/mol. The predicted molar refractivity (Wildman–Crippen MR) is 59.9 cm³/mol. The highest BCUT2D eigenvalue weighted by atomic mass is 79.9. The van der Waals surface area contributed by atoms with Crippen molar-refractivity contribution in [1.82, 2.24) is 0 Å². The highest BCUT2D eigenvalue weighted by Gasteiger charge is 2.40. The van der Waals surface area contributed by atoms with Gasteiger partial charge >= 0.3 is 5.92 Å². The van der Waals surface area contributed by atoms with Gasteiger partial charge in [-0.05, 0) is 25.2 Å². The van der Waals surface area contributed by atoms with Gasteiger partial charge in [-0.3, -0.25) is 4.79 Å². The molecule has 100 valence electrons. The highest BCUT2D eigenvalue weighted by molar-refractivity contribution is 9.10. The Hall–Kier alpha value is -0.130. The van der Waals surface area contributed by atoms with Gasteiger partial charge in [-0.25, -0.2) is 8.78 Å². The third-order valence-corrected chi connectivity index (χ3v) is 3.88. The van der Waals surface area contributed by atoms with Crippen molar-refractivity contribution in [3.05, 3.63) is 0 Å². The van der Waals surface area contributed by atoms with Gasteiger partial charge in [0.1, 0.15) is 0 Å². The summed E-state index contributed by atoms with van der Waals surface area (Å²) in [5.41, 5.74) is 0. The number of halogens is 5. The molecule has 0 aromatic carbocycles. The van der Waals surface area contributed by atoms with Crippen LogP contribution in [0.3, 0.4) is 0 Å². The summed E-state index contributed by atoms with van der Waals surface area (Å²) in [6, 6.07) is 0. The van der Waals surface area contributed by atoms with Crippen molar-refractivity contribution in [2.75, 3.05) is 0 Å². The molecule has 1 nitrogen and oxygen atoms in total. The van der Waals surface area contributed by atoms with E-state index in [9.17, 15) is 22.4 Å². The molecule has 0 bridgehead atoms. The summed E-state index contributed by atoms with van der Waals surface area (Å²) >= 11 is 2.93. The van der Waals surface area contributed by atoms with E-state index in [-0.39, 0.29) is 38.0 Å². The Labute approximate surface area is 106 Å². The second-order valence-corrected chi connectivity index (χ2v) is 5.86. The van der Waals surface area contributed by atoms with E-state index in [0.717, 1.165) is 0 Å². The normalized spacial score (nSPS) is 23.4. The topological polar surface area (TPSA) is 17.1 Å². The molecule has 0 saturated heterocycles. The molecule has 6 heteroatoms. The van der Waals surface area contributed by atoms with Gasteiger partial charge in [-0.15, -0.1) is 0 Å². The second-order valence-electron chi connectivity index (χ2n) is 4.76. The zero-order valence-corrected chi connectivity index (χ0v) is 11.1. The van der Waals surface area contributed by atoms with Crippen LogP contribution in [0.15, 0.2) is 0 Å². The lowest BCUT2D eigenvalue weighted by molar-refractivity contribution is -0.140. The summed E-state index contributed by atoms with van der Waals surface area (Å²) in [5.74, 6) is -7.25. The maximum Gasteiger partial charge on any atom is 0.303 e.